The highest BCUT2D eigenvalue weighted by Gasteiger charge is 2.19. The van der Waals surface area contributed by atoms with Crippen LogP contribution in [0.3, 0.4) is 0 Å². The molecule has 0 aliphatic heterocycles. The maximum atomic E-state index is 10.4. The third-order valence-electron chi connectivity index (χ3n) is 3.20. The van der Waals surface area contributed by atoms with Crippen LogP contribution in [0.2, 0.25) is 0 Å². The first-order chi connectivity index (χ1) is 8.22. The van der Waals surface area contributed by atoms with Crippen molar-refractivity contribution in [2.75, 3.05) is 7.11 Å². The third kappa shape index (κ3) is 4.04. The van der Waals surface area contributed by atoms with Crippen molar-refractivity contribution in [3.8, 4) is 5.75 Å². The van der Waals surface area contributed by atoms with Gasteiger partial charge in [0, 0.05) is 0 Å². The molecule has 1 rings (SSSR count). The molecule has 1 atom stereocenters. The lowest BCUT2D eigenvalue weighted by Crippen LogP contribution is -2.12. The second kappa shape index (κ2) is 7.33. The Kier molecular flexibility index (Phi) is 6.06. The largest absolute Gasteiger partial charge is 0.497 e. The van der Waals surface area contributed by atoms with Gasteiger partial charge in [0.1, 0.15) is 5.75 Å². The van der Waals surface area contributed by atoms with Gasteiger partial charge in [-0.25, -0.2) is 0 Å². The van der Waals surface area contributed by atoms with Crippen molar-refractivity contribution >= 4 is 0 Å². The first-order valence-corrected chi connectivity index (χ1v) is 6.54. The fourth-order valence-electron chi connectivity index (χ4n) is 2.30. The van der Waals surface area contributed by atoms with Crippen molar-refractivity contribution in [1.82, 2.24) is 0 Å². The van der Waals surface area contributed by atoms with Crippen LogP contribution in [0.4, 0.5) is 0 Å². The molecule has 96 valence electrons. The Bertz CT molecular complexity index is 316. The average molecular weight is 236 g/mol. The summed E-state index contributed by atoms with van der Waals surface area (Å²) in [5.74, 6) is 1.17. The van der Waals surface area contributed by atoms with Crippen LogP contribution in [0.5, 0.6) is 5.75 Å². The number of rotatable bonds is 7. The highest BCUT2D eigenvalue weighted by Crippen LogP contribution is 2.31. The molecule has 2 heteroatoms. The van der Waals surface area contributed by atoms with Crippen LogP contribution in [-0.2, 0) is 0 Å². The Morgan fingerprint density at radius 1 is 1.18 bits per heavy atom. The Balaban J connectivity index is 2.79. The SMILES string of the molecule is CCCC(CCC)C(O)c1cccc(OC)c1. The summed E-state index contributed by atoms with van der Waals surface area (Å²) in [5, 5.41) is 10.4. The van der Waals surface area contributed by atoms with Crippen molar-refractivity contribution < 1.29 is 9.84 Å². The van der Waals surface area contributed by atoms with E-state index in [1.807, 2.05) is 24.3 Å². The number of aliphatic hydroxyl groups is 1. The molecule has 0 saturated heterocycles. The molecule has 0 aliphatic rings. The first kappa shape index (κ1) is 14.0. The van der Waals surface area contributed by atoms with Crippen molar-refractivity contribution in [2.45, 2.75) is 45.6 Å². The Morgan fingerprint density at radius 3 is 2.35 bits per heavy atom. The Morgan fingerprint density at radius 2 is 1.82 bits per heavy atom. The normalized spacial score (nSPS) is 12.8. The molecule has 0 radical (unpaired) electrons. The minimum Gasteiger partial charge on any atom is -0.497 e. The van der Waals surface area contributed by atoms with Crippen molar-refractivity contribution in [3.63, 3.8) is 0 Å². The number of benzene rings is 1. The van der Waals surface area contributed by atoms with Crippen LogP contribution in [0, 0.1) is 5.92 Å². The molecule has 0 spiro atoms. The molecule has 0 aromatic heterocycles. The van der Waals surface area contributed by atoms with Crippen molar-refractivity contribution in [3.05, 3.63) is 29.8 Å². The number of hydrogen-bond acceptors (Lipinski definition) is 2. The maximum absolute atomic E-state index is 10.4. The van der Waals surface area contributed by atoms with Gasteiger partial charge in [-0.1, -0.05) is 38.8 Å². The van der Waals surface area contributed by atoms with E-state index in [9.17, 15) is 5.11 Å². The van der Waals surface area contributed by atoms with Gasteiger partial charge in [0.25, 0.3) is 0 Å². The summed E-state index contributed by atoms with van der Waals surface area (Å²) in [7, 11) is 1.65. The van der Waals surface area contributed by atoms with Gasteiger partial charge in [-0.3, -0.25) is 0 Å². The molecule has 1 aromatic carbocycles. The van der Waals surface area contributed by atoms with Gasteiger partial charge >= 0.3 is 0 Å². The van der Waals surface area contributed by atoms with E-state index in [-0.39, 0.29) is 6.10 Å². The van der Waals surface area contributed by atoms with E-state index >= 15 is 0 Å². The van der Waals surface area contributed by atoms with E-state index in [2.05, 4.69) is 13.8 Å². The fraction of sp³-hybridized carbons (Fsp3) is 0.600. The average Bonchev–Trinajstić information content (AvgIpc) is 2.38. The maximum Gasteiger partial charge on any atom is 0.119 e. The Hall–Kier alpha value is -1.02. The molecule has 0 saturated carbocycles. The predicted molar refractivity (Wildman–Crippen MR) is 71.3 cm³/mol. The molecule has 0 heterocycles. The second-order valence-corrected chi connectivity index (χ2v) is 4.56. The molecule has 0 aliphatic carbocycles. The lowest BCUT2D eigenvalue weighted by Gasteiger charge is -2.22. The molecule has 0 bridgehead atoms. The van der Waals surface area contributed by atoms with E-state index in [1.165, 1.54) is 0 Å². The number of hydrogen-bond donors (Lipinski definition) is 1. The summed E-state index contributed by atoms with van der Waals surface area (Å²) in [5.41, 5.74) is 0.969. The van der Waals surface area contributed by atoms with Crippen LogP contribution < -0.4 is 4.74 Å². The van der Waals surface area contributed by atoms with Crippen LogP contribution in [0.1, 0.15) is 51.2 Å². The summed E-state index contributed by atoms with van der Waals surface area (Å²) in [6.07, 6.45) is 4.01. The topological polar surface area (TPSA) is 29.5 Å². The molecular formula is C15H24O2. The van der Waals surface area contributed by atoms with Crippen molar-refractivity contribution in [1.29, 1.82) is 0 Å². The number of aliphatic hydroxyl groups excluding tert-OH is 1. The van der Waals surface area contributed by atoms with Crippen LogP contribution in [0.25, 0.3) is 0 Å². The van der Waals surface area contributed by atoms with Gasteiger partial charge in [0.05, 0.1) is 13.2 Å². The molecular weight excluding hydrogens is 212 g/mol. The van der Waals surface area contributed by atoms with E-state index in [0.29, 0.717) is 5.92 Å². The zero-order chi connectivity index (χ0) is 12.7. The third-order valence-corrected chi connectivity index (χ3v) is 3.20. The predicted octanol–water partition coefficient (Wildman–Crippen LogP) is 3.95. The van der Waals surface area contributed by atoms with Gasteiger partial charge in [-0.2, -0.15) is 0 Å². The standard InChI is InChI=1S/C15H24O2/c1-4-7-12(8-5-2)15(16)13-9-6-10-14(11-13)17-3/h6,9-12,15-16H,4-5,7-8H2,1-3H3. The molecule has 17 heavy (non-hydrogen) atoms. The van der Waals surface area contributed by atoms with E-state index in [1.54, 1.807) is 7.11 Å². The summed E-state index contributed by atoms with van der Waals surface area (Å²) >= 11 is 0. The second-order valence-electron chi connectivity index (χ2n) is 4.56. The van der Waals surface area contributed by atoms with Gasteiger partial charge in [0.2, 0.25) is 0 Å². The molecule has 0 fully saturated rings. The highest BCUT2D eigenvalue weighted by atomic mass is 16.5. The monoisotopic (exact) mass is 236 g/mol. The first-order valence-electron chi connectivity index (χ1n) is 6.54. The smallest absolute Gasteiger partial charge is 0.119 e. The number of ether oxygens (including phenoxy) is 1. The highest BCUT2D eigenvalue weighted by molar-refractivity contribution is 5.30. The van der Waals surface area contributed by atoms with Crippen molar-refractivity contribution in [2.24, 2.45) is 5.92 Å². The van der Waals surface area contributed by atoms with Crippen LogP contribution in [-0.4, -0.2) is 12.2 Å². The molecule has 2 nitrogen and oxygen atoms in total. The quantitative estimate of drug-likeness (QED) is 0.777. The minimum atomic E-state index is -0.370. The summed E-state index contributed by atoms with van der Waals surface area (Å²) in [4.78, 5) is 0. The molecule has 1 N–H and O–H groups in total. The van der Waals surface area contributed by atoms with Gasteiger partial charge in [-0.05, 0) is 36.5 Å². The molecule has 1 unspecified atom stereocenters. The van der Waals surface area contributed by atoms with Crippen LogP contribution in [0.15, 0.2) is 24.3 Å². The summed E-state index contributed by atoms with van der Waals surface area (Å²) in [6, 6.07) is 7.76. The van der Waals surface area contributed by atoms with Gasteiger partial charge in [0.15, 0.2) is 0 Å². The van der Waals surface area contributed by atoms with E-state index in [4.69, 9.17) is 4.74 Å². The lowest BCUT2D eigenvalue weighted by molar-refractivity contribution is 0.0962. The van der Waals surface area contributed by atoms with Crippen LogP contribution >= 0.6 is 0 Å². The Labute approximate surface area is 105 Å². The minimum absolute atomic E-state index is 0.358. The van der Waals surface area contributed by atoms with Gasteiger partial charge < -0.3 is 9.84 Å². The van der Waals surface area contributed by atoms with E-state index in [0.717, 1.165) is 37.0 Å². The molecule has 1 aromatic rings. The summed E-state index contributed by atoms with van der Waals surface area (Å²) in [6.45, 7) is 4.34. The van der Waals surface area contributed by atoms with E-state index < -0.39 is 0 Å². The zero-order valence-corrected chi connectivity index (χ0v) is 11.1. The summed E-state index contributed by atoms with van der Waals surface area (Å²) < 4.78 is 5.19. The lowest BCUT2D eigenvalue weighted by atomic mass is 9.88. The fourth-order valence-corrected chi connectivity index (χ4v) is 2.30. The molecule has 0 amide bonds. The van der Waals surface area contributed by atoms with Gasteiger partial charge in [-0.15, -0.1) is 0 Å². The number of methoxy groups -OCH3 is 1. The zero-order valence-electron chi connectivity index (χ0n) is 11.1.